The minimum atomic E-state index is -0.274. The molecule has 0 fully saturated rings. The van der Waals surface area contributed by atoms with Gasteiger partial charge in [0.1, 0.15) is 11.2 Å². The Morgan fingerprint density at radius 1 is 0.328 bits per heavy atom. The summed E-state index contributed by atoms with van der Waals surface area (Å²) >= 11 is 0. The summed E-state index contributed by atoms with van der Waals surface area (Å²) in [6.45, 7) is 64.0. The van der Waals surface area contributed by atoms with Crippen LogP contribution in [-0.4, -0.2) is 13.4 Å². The lowest BCUT2D eigenvalue weighted by Gasteiger charge is -2.44. The van der Waals surface area contributed by atoms with E-state index < -0.39 is 0 Å². The zero-order valence-electron chi connectivity index (χ0n) is 79.5. The van der Waals surface area contributed by atoms with Crippen LogP contribution < -0.4 is 52.8 Å². The quantitative estimate of drug-likeness (QED) is 0.141. The second-order valence-electron chi connectivity index (χ2n) is 46.0. The molecule has 20 rings (SSSR count). The molecule has 6 nitrogen and oxygen atoms in total. The molecule has 0 saturated carbocycles. The number of nitrogens with zero attached hydrogens (tertiary/aromatic N) is 4. The third kappa shape index (κ3) is 13.0. The van der Waals surface area contributed by atoms with Crippen molar-refractivity contribution in [2.45, 2.75) is 268 Å². The lowest BCUT2D eigenvalue weighted by atomic mass is 9.35. The highest BCUT2D eigenvalue weighted by Gasteiger charge is 2.52. The number of hydrogen-bond donors (Lipinski definition) is 0. The predicted molar refractivity (Wildman–Crippen MR) is 537 cm³/mol. The average Bonchev–Trinajstić information content (AvgIpc) is 1.63. The number of anilines is 12. The number of aryl methyl sites for hydroxylation is 4. The molecule has 14 aromatic rings. The van der Waals surface area contributed by atoms with Crippen molar-refractivity contribution in [1.29, 1.82) is 0 Å². The van der Waals surface area contributed by atoms with Gasteiger partial charge in [0, 0.05) is 67.6 Å². The number of fused-ring (bicyclic) bond motifs is 14. The van der Waals surface area contributed by atoms with Gasteiger partial charge in [0.25, 0.3) is 13.4 Å². The van der Waals surface area contributed by atoms with E-state index in [9.17, 15) is 0 Å². The van der Waals surface area contributed by atoms with Crippen molar-refractivity contribution in [3.63, 3.8) is 0 Å². The van der Waals surface area contributed by atoms with Crippen LogP contribution in [0, 0.1) is 34.6 Å². The average molecular weight is 1640 g/mol. The number of rotatable bonds is 8. The van der Waals surface area contributed by atoms with Gasteiger partial charge in [-0.2, -0.15) is 0 Å². The Balaban J connectivity index is 0.748. The lowest BCUT2D eigenvalue weighted by molar-refractivity contribution is 0.311. The fourth-order valence-electron chi connectivity index (χ4n) is 22.9. The van der Waals surface area contributed by atoms with E-state index in [1.165, 1.54) is 178 Å². The summed E-state index contributed by atoms with van der Waals surface area (Å²) in [7, 11) is 0. The second-order valence-corrected chi connectivity index (χ2v) is 46.0. The highest BCUT2D eigenvalue weighted by atomic mass is 16.3. The normalized spacial score (nSPS) is 17.3. The first-order chi connectivity index (χ1) is 58.8. The zero-order valence-corrected chi connectivity index (χ0v) is 79.5. The fourth-order valence-corrected chi connectivity index (χ4v) is 22.9. The maximum Gasteiger partial charge on any atom is 0.297 e. The van der Waals surface area contributed by atoms with E-state index in [4.69, 9.17) is 8.83 Å². The lowest BCUT2D eigenvalue weighted by Crippen LogP contribution is -2.61. The standard InChI is InChI=1S/C117H126B2N4O2/c1-68-54-96-103-98(56-68)122(92-47-40-77(58-71(92)4)109(6,7)8)93-48-41-78(110(9,10)11)60-90(93)118(103)107-105(83-63-86-88(65-100(83)124-107)115(23,24)51-50-114(86,21)22)121(96)82-45-38-75(39-46-82)102-70(3)32-31-35-76(102)67-117(27)53-52-116(25,26)87-64-84-101(66-89(87)117)125-108-106(84)120(81-43-36-74(37-44-81)73-33-29-28-30-34-73)97-55-69(2)57-99-104(97)119(108)91-61-79(111(12,13)14)42-49-94(91)123(99)95-62-80(112(15,16)17)59-85(72(95)5)113(18,19)20/h28-49,54-66H,50-53,67H2,1-27H3. The summed E-state index contributed by atoms with van der Waals surface area (Å²) in [4.78, 5) is 10.5. The van der Waals surface area contributed by atoms with Gasteiger partial charge >= 0.3 is 0 Å². The van der Waals surface area contributed by atoms with Crippen LogP contribution in [0.3, 0.4) is 0 Å². The van der Waals surface area contributed by atoms with E-state index in [2.05, 4.69) is 419 Å². The van der Waals surface area contributed by atoms with Crippen molar-refractivity contribution < 1.29 is 8.83 Å². The van der Waals surface area contributed by atoms with Gasteiger partial charge in [-0.15, -0.1) is 0 Å². The van der Waals surface area contributed by atoms with E-state index in [0.29, 0.717) is 0 Å². The summed E-state index contributed by atoms with van der Waals surface area (Å²) in [5.41, 5.74) is 47.0. The first-order valence-corrected chi connectivity index (χ1v) is 46.4. The van der Waals surface area contributed by atoms with Crippen molar-refractivity contribution in [2.24, 2.45) is 0 Å². The molecule has 0 bridgehead atoms. The highest BCUT2D eigenvalue weighted by Crippen LogP contribution is 2.58. The van der Waals surface area contributed by atoms with E-state index in [1.54, 1.807) is 0 Å². The van der Waals surface area contributed by atoms with E-state index in [1.807, 2.05) is 0 Å². The number of hydrogen-bond acceptors (Lipinski definition) is 6. The maximum absolute atomic E-state index is 8.08. The Morgan fingerprint density at radius 3 is 1.22 bits per heavy atom. The Bertz CT molecular complexity index is 6850. The molecule has 1 unspecified atom stereocenters. The molecule has 2 aliphatic carbocycles. The van der Waals surface area contributed by atoms with Crippen LogP contribution in [-0.2, 0) is 55.2 Å². The predicted octanol–water partition coefficient (Wildman–Crippen LogP) is 28.6. The van der Waals surface area contributed by atoms with Crippen molar-refractivity contribution in [1.82, 2.24) is 0 Å². The SMILES string of the molecule is Cc1cc2c3c(c1)N(c1ccc(-c4c(C)cccc4CC4(C)CCC(C)(C)c5cc6c7c(oc6cc54)B4c5cc(C(C)(C)C)ccc5N(c5cc(C(C)(C)C)cc(C(C)(C)C)c5C)c5cc(C)cc(c54)N7c4ccc(-c5ccccc5)cc4)cc1)c1c(oc4cc5c(cc14)C(C)(C)CCC5(C)C)B3c1cc(C(C)(C)C)ccc1N2c1ccc(C(C)(C)C)cc1C. The molecule has 0 radical (unpaired) electrons. The third-order valence-electron chi connectivity index (χ3n) is 30.3. The Kier molecular flexibility index (Phi) is 18.3. The van der Waals surface area contributed by atoms with Gasteiger partial charge < -0.3 is 28.4 Å². The summed E-state index contributed by atoms with van der Waals surface area (Å²) in [6, 6.07) is 84.0. The zero-order chi connectivity index (χ0) is 88.3. The molecule has 8 heteroatoms. The first-order valence-electron chi connectivity index (χ1n) is 46.4. The number of furan rings is 2. The second kappa shape index (κ2) is 27.8. The van der Waals surface area contributed by atoms with Gasteiger partial charge in [0.15, 0.2) is 0 Å². The van der Waals surface area contributed by atoms with E-state index in [-0.39, 0.29) is 62.2 Å². The van der Waals surface area contributed by atoms with Crippen LogP contribution in [0.2, 0.25) is 0 Å². The van der Waals surface area contributed by atoms with Crippen molar-refractivity contribution in [3.05, 3.63) is 296 Å². The molecule has 125 heavy (non-hydrogen) atoms. The Morgan fingerprint density at radius 2 is 0.744 bits per heavy atom. The van der Waals surface area contributed by atoms with Gasteiger partial charge in [-0.3, -0.25) is 0 Å². The van der Waals surface area contributed by atoms with Crippen molar-refractivity contribution in [3.8, 4) is 22.3 Å². The van der Waals surface area contributed by atoms with Crippen LogP contribution in [0.15, 0.2) is 221 Å². The number of benzene rings is 12. The van der Waals surface area contributed by atoms with Crippen LogP contribution in [0.5, 0.6) is 0 Å². The molecular formula is C117H126B2N4O2. The van der Waals surface area contributed by atoms with E-state index >= 15 is 0 Å². The monoisotopic (exact) mass is 1640 g/mol. The molecule has 6 aliphatic rings. The largest absolute Gasteiger partial charge is 0.468 e. The van der Waals surface area contributed by atoms with Crippen LogP contribution in [0.1, 0.15) is 261 Å². The minimum Gasteiger partial charge on any atom is -0.468 e. The summed E-state index contributed by atoms with van der Waals surface area (Å²) in [5, 5.41) is 2.33. The molecule has 12 aromatic carbocycles. The molecule has 2 aromatic heterocycles. The summed E-state index contributed by atoms with van der Waals surface area (Å²) in [5.74, 6) is 0. The minimum absolute atomic E-state index is 0.00386. The van der Waals surface area contributed by atoms with Crippen molar-refractivity contribution in [2.75, 3.05) is 19.6 Å². The van der Waals surface area contributed by atoms with Crippen LogP contribution >= 0.6 is 0 Å². The first kappa shape index (κ1) is 82.3. The van der Waals surface area contributed by atoms with Gasteiger partial charge in [-0.1, -0.05) is 268 Å². The molecule has 0 amide bonds. The topological polar surface area (TPSA) is 39.2 Å². The molecule has 632 valence electrons. The smallest absolute Gasteiger partial charge is 0.297 e. The molecule has 0 saturated heterocycles. The summed E-state index contributed by atoms with van der Waals surface area (Å²) < 4.78 is 15.9. The molecule has 1 atom stereocenters. The Hall–Kier alpha value is -11.0. The summed E-state index contributed by atoms with van der Waals surface area (Å²) in [6.07, 6.45) is 5.15. The highest BCUT2D eigenvalue weighted by molar-refractivity contribution is 7.00. The fraction of sp³-hybridized carbons (Fsp3) is 0.350. The Labute approximate surface area is 746 Å². The van der Waals surface area contributed by atoms with Crippen LogP contribution in [0.4, 0.5) is 68.2 Å². The van der Waals surface area contributed by atoms with E-state index in [0.717, 1.165) is 82.7 Å². The molecule has 0 N–H and O–H groups in total. The molecule has 4 aliphatic heterocycles. The molecule has 6 heterocycles. The van der Waals surface area contributed by atoms with Crippen molar-refractivity contribution >= 4 is 137 Å². The van der Waals surface area contributed by atoms with Gasteiger partial charge in [-0.25, -0.2) is 0 Å². The van der Waals surface area contributed by atoms with Gasteiger partial charge in [0.2, 0.25) is 0 Å². The maximum atomic E-state index is 8.08. The van der Waals surface area contributed by atoms with Gasteiger partial charge in [0.05, 0.1) is 22.7 Å². The third-order valence-corrected chi connectivity index (χ3v) is 30.3. The van der Waals surface area contributed by atoms with Gasteiger partial charge in [-0.05, 0) is 340 Å². The molecule has 0 spiro atoms. The molecular weight excluding hydrogens is 1510 g/mol. The van der Waals surface area contributed by atoms with Crippen LogP contribution in [0.25, 0.3) is 44.2 Å².